The Bertz CT molecular complexity index is 518. The molecule has 2 unspecified atom stereocenters. The molecule has 1 aromatic carbocycles. The van der Waals surface area contributed by atoms with Crippen molar-refractivity contribution in [2.45, 2.75) is 38.1 Å². The lowest BCUT2D eigenvalue weighted by Crippen LogP contribution is -2.53. The molecule has 0 aromatic heterocycles. The molecule has 2 rings (SSSR count). The maximum absolute atomic E-state index is 12.5. The number of rotatable bonds is 4. The van der Waals surface area contributed by atoms with Crippen molar-refractivity contribution in [1.82, 2.24) is 5.32 Å². The minimum Gasteiger partial charge on any atom is -0.496 e. The van der Waals surface area contributed by atoms with Gasteiger partial charge in [0.15, 0.2) is 0 Å². The van der Waals surface area contributed by atoms with Crippen LogP contribution in [-0.4, -0.2) is 30.3 Å². The van der Waals surface area contributed by atoms with Crippen molar-refractivity contribution >= 4 is 11.6 Å². The Kier molecular flexibility index (Phi) is 4.73. The van der Waals surface area contributed by atoms with Crippen molar-refractivity contribution < 1.29 is 14.6 Å². The molecular formula is C16H24N2O3. The minimum absolute atomic E-state index is 0.0413. The Morgan fingerprint density at radius 3 is 2.95 bits per heavy atom. The molecule has 116 valence electrons. The molecule has 0 aliphatic heterocycles. The Morgan fingerprint density at radius 2 is 2.33 bits per heavy atom. The first kappa shape index (κ1) is 15.6. The number of anilines is 1. The van der Waals surface area contributed by atoms with Gasteiger partial charge in [0.05, 0.1) is 24.8 Å². The second kappa shape index (κ2) is 6.35. The van der Waals surface area contributed by atoms with Crippen molar-refractivity contribution in [3.63, 3.8) is 0 Å². The quantitative estimate of drug-likeness (QED) is 0.741. The lowest BCUT2D eigenvalue weighted by molar-refractivity contribution is 0.0694. The van der Waals surface area contributed by atoms with E-state index in [1.54, 1.807) is 18.2 Å². The van der Waals surface area contributed by atoms with E-state index in [0.29, 0.717) is 22.9 Å². The van der Waals surface area contributed by atoms with Crippen LogP contribution in [0.4, 0.5) is 5.69 Å². The van der Waals surface area contributed by atoms with Crippen LogP contribution in [0.5, 0.6) is 5.75 Å². The summed E-state index contributed by atoms with van der Waals surface area (Å²) in [6.45, 7) is 2.11. The molecule has 0 saturated heterocycles. The van der Waals surface area contributed by atoms with Crippen molar-refractivity contribution in [1.29, 1.82) is 0 Å². The predicted molar refractivity (Wildman–Crippen MR) is 82.3 cm³/mol. The molecular weight excluding hydrogens is 268 g/mol. The van der Waals surface area contributed by atoms with Gasteiger partial charge in [-0.1, -0.05) is 19.8 Å². The molecule has 5 heteroatoms. The van der Waals surface area contributed by atoms with Gasteiger partial charge >= 0.3 is 0 Å². The molecule has 1 aromatic rings. The van der Waals surface area contributed by atoms with E-state index in [9.17, 15) is 9.90 Å². The first-order valence-electron chi connectivity index (χ1n) is 7.36. The molecule has 1 amide bonds. The van der Waals surface area contributed by atoms with Crippen LogP contribution in [0.3, 0.4) is 0 Å². The number of carbonyl (C=O) groups excluding carboxylic acids is 1. The molecule has 1 saturated carbocycles. The monoisotopic (exact) mass is 292 g/mol. The summed E-state index contributed by atoms with van der Waals surface area (Å²) in [5.74, 6) is 0.721. The Hall–Kier alpha value is -1.75. The number of hydrogen-bond donors (Lipinski definition) is 3. The van der Waals surface area contributed by atoms with Gasteiger partial charge in [-0.15, -0.1) is 0 Å². The highest BCUT2D eigenvalue weighted by atomic mass is 16.5. The van der Waals surface area contributed by atoms with Crippen LogP contribution in [0, 0.1) is 5.92 Å². The number of methoxy groups -OCH3 is 1. The fourth-order valence-corrected chi connectivity index (χ4v) is 3.16. The molecule has 0 heterocycles. The van der Waals surface area contributed by atoms with E-state index in [0.717, 1.165) is 25.7 Å². The van der Waals surface area contributed by atoms with Gasteiger partial charge in [0.2, 0.25) is 0 Å². The van der Waals surface area contributed by atoms with Gasteiger partial charge < -0.3 is 20.9 Å². The van der Waals surface area contributed by atoms with Gasteiger partial charge in [0.1, 0.15) is 5.75 Å². The number of nitrogen functional groups attached to an aromatic ring is 1. The third-order valence-electron chi connectivity index (χ3n) is 4.24. The van der Waals surface area contributed by atoms with Gasteiger partial charge in [-0.3, -0.25) is 4.79 Å². The van der Waals surface area contributed by atoms with Crippen LogP contribution in [0.2, 0.25) is 0 Å². The molecule has 1 aliphatic rings. The zero-order valence-corrected chi connectivity index (χ0v) is 12.7. The van der Waals surface area contributed by atoms with Gasteiger partial charge in [-0.25, -0.2) is 0 Å². The SMILES string of the molecule is COc1cc(N)ccc1C(=O)NC1(CO)CCCC(C)C1. The number of aliphatic hydroxyl groups is 1. The molecule has 1 fully saturated rings. The second-order valence-electron chi connectivity index (χ2n) is 6.05. The van der Waals surface area contributed by atoms with Gasteiger partial charge in [0, 0.05) is 11.8 Å². The highest BCUT2D eigenvalue weighted by molar-refractivity contribution is 5.97. The number of hydrogen-bond acceptors (Lipinski definition) is 4. The summed E-state index contributed by atoms with van der Waals surface area (Å²) < 4.78 is 5.22. The van der Waals surface area contributed by atoms with E-state index in [4.69, 9.17) is 10.5 Å². The predicted octanol–water partition coefficient (Wildman–Crippen LogP) is 1.95. The molecule has 5 nitrogen and oxygen atoms in total. The van der Waals surface area contributed by atoms with Crippen molar-refractivity contribution in [2.75, 3.05) is 19.5 Å². The summed E-state index contributed by atoms with van der Waals surface area (Å²) in [6, 6.07) is 4.96. The van der Waals surface area contributed by atoms with E-state index < -0.39 is 5.54 Å². The number of nitrogens with two attached hydrogens (primary N) is 1. The number of aliphatic hydroxyl groups excluding tert-OH is 1. The molecule has 0 bridgehead atoms. The lowest BCUT2D eigenvalue weighted by Gasteiger charge is -2.39. The zero-order chi connectivity index (χ0) is 15.5. The first-order valence-corrected chi connectivity index (χ1v) is 7.36. The summed E-state index contributed by atoms with van der Waals surface area (Å²) in [5.41, 5.74) is 6.17. The maximum atomic E-state index is 12.5. The lowest BCUT2D eigenvalue weighted by atomic mass is 9.76. The van der Waals surface area contributed by atoms with Gasteiger partial charge in [-0.2, -0.15) is 0 Å². The van der Waals surface area contributed by atoms with Crippen molar-refractivity contribution in [3.05, 3.63) is 23.8 Å². The Labute approximate surface area is 125 Å². The smallest absolute Gasteiger partial charge is 0.255 e. The van der Waals surface area contributed by atoms with E-state index in [1.807, 2.05) is 0 Å². The normalized spacial score (nSPS) is 25.4. The van der Waals surface area contributed by atoms with Crippen LogP contribution in [0.1, 0.15) is 43.0 Å². The number of ether oxygens (including phenoxy) is 1. The highest BCUT2D eigenvalue weighted by Crippen LogP contribution is 2.33. The number of benzene rings is 1. The summed E-state index contributed by atoms with van der Waals surface area (Å²) in [7, 11) is 1.51. The number of nitrogens with one attached hydrogen (secondary N) is 1. The molecule has 2 atom stereocenters. The largest absolute Gasteiger partial charge is 0.496 e. The third kappa shape index (κ3) is 3.47. The van der Waals surface area contributed by atoms with E-state index in [2.05, 4.69) is 12.2 Å². The number of amides is 1. The molecule has 0 spiro atoms. The first-order chi connectivity index (χ1) is 9.99. The van der Waals surface area contributed by atoms with Crippen LogP contribution in [-0.2, 0) is 0 Å². The second-order valence-corrected chi connectivity index (χ2v) is 6.05. The van der Waals surface area contributed by atoms with Crippen molar-refractivity contribution in [2.24, 2.45) is 5.92 Å². The molecule has 21 heavy (non-hydrogen) atoms. The summed E-state index contributed by atoms with van der Waals surface area (Å²) in [5, 5.41) is 12.8. The van der Waals surface area contributed by atoms with Gasteiger partial charge in [-0.05, 0) is 30.9 Å². The fraction of sp³-hybridized carbons (Fsp3) is 0.562. The summed E-state index contributed by atoms with van der Waals surface area (Å²) >= 11 is 0. The summed E-state index contributed by atoms with van der Waals surface area (Å²) in [6.07, 6.45) is 3.76. The average molecular weight is 292 g/mol. The Morgan fingerprint density at radius 1 is 1.57 bits per heavy atom. The van der Waals surface area contributed by atoms with E-state index in [1.165, 1.54) is 7.11 Å². The topological polar surface area (TPSA) is 84.6 Å². The number of carbonyl (C=O) groups is 1. The van der Waals surface area contributed by atoms with E-state index in [-0.39, 0.29) is 12.5 Å². The summed E-state index contributed by atoms with van der Waals surface area (Å²) in [4.78, 5) is 12.5. The van der Waals surface area contributed by atoms with Gasteiger partial charge in [0.25, 0.3) is 5.91 Å². The van der Waals surface area contributed by atoms with Crippen LogP contribution >= 0.6 is 0 Å². The fourth-order valence-electron chi connectivity index (χ4n) is 3.16. The van der Waals surface area contributed by atoms with Crippen LogP contribution < -0.4 is 15.8 Å². The Balaban J connectivity index is 2.20. The molecule has 1 aliphatic carbocycles. The van der Waals surface area contributed by atoms with Crippen molar-refractivity contribution in [3.8, 4) is 5.75 Å². The van der Waals surface area contributed by atoms with Crippen LogP contribution in [0.25, 0.3) is 0 Å². The molecule has 0 radical (unpaired) electrons. The third-order valence-corrected chi connectivity index (χ3v) is 4.24. The van der Waals surface area contributed by atoms with Crippen LogP contribution in [0.15, 0.2) is 18.2 Å². The van der Waals surface area contributed by atoms with E-state index >= 15 is 0 Å². The average Bonchev–Trinajstić information content (AvgIpc) is 2.46. The minimum atomic E-state index is -0.527. The molecule has 4 N–H and O–H groups in total. The standard InChI is InChI=1S/C16H24N2O3/c1-11-4-3-7-16(9-11,10-19)18-15(20)13-6-5-12(17)8-14(13)21-2/h5-6,8,11,19H,3-4,7,9-10,17H2,1-2H3,(H,18,20). The zero-order valence-electron chi connectivity index (χ0n) is 12.7. The maximum Gasteiger partial charge on any atom is 0.255 e. The highest BCUT2D eigenvalue weighted by Gasteiger charge is 2.36.